The van der Waals surface area contributed by atoms with E-state index in [1.807, 2.05) is 6.92 Å². The van der Waals surface area contributed by atoms with Gasteiger partial charge < -0.3 is 10.4 Å². The van der Waals surface area contributed by atoms with Gasteiger partial charge in [-0.3, -0.25) is 4.79 Å². The molecule has 0 radical (unpaired) electrons. The molecular weight excluding hydrogens is 225 g/mol. The lowest BCUT2D eigenvalue weighted by atomic mass is 10.2. The minimum Gasteiger partial charge on any atom is -0.478 e. The molecule has 5 heteroatoms. The fraction of sp³-hybridized carbons (Fsp3) is 0.333. The molecule has 0 bridgehead atoms. The lowest BCUT2D eigenvalue weighted by Crippen LogP contribution is -2.15. The van der Waals surface area contributed by atoms with Crippen molar-refractivity contribution in [3.8, 4) is 0 Å². The fourth-order valence-electron chi connectivity index (χ4n) is 1.66. The van der Waals surface area contributed by atoms with Crippen molar-refractivity contribution in [1.29, 1.82) is 0 Å². The summed E-state index contributed by atoms with van der Waals surface area (Å²) in [7, 11) is 0. The van der Waals surface area contributed by atoms with Crippen molar-refractivity contribution in [3.63, 3.8) is 0 Å². The number of carboxylic acid groups (broad SMARTS) is 1. The SMILES string of the molecule is CC1CC1C(=O)Nc1ccc(C(=O)O)cc1F. The zero-order valence-corrected chi connectivity index (χ0v) is 9.24. The van der Waals surface area contributed by atoms with Gasteiger partial charge in [-0.15, -0.1) is 0 Å². The number of hydrogen-bond donors (Lipinski definition) is 2. The lowest BCUT2D eigenvalue weighted by Gasteiger charge is -2.06. The van der Waals surface area contributed by atoms with E-state index in [2.05, 4.69) is 5.32 Å². The van der Waals surface area contributed by atoms with Crippen LogP contribution in [0.25, 0.3) is 0 Å². The van der Waals surface area contributed by atoms with Crippen LogP contribution in [-0.4, -0.2) is 17.0 Å². The van der Waals surface area contributed by atoms with Gasteiger partial charge >= 0.3 is 5.97 Å². The van der Waals surface area contributed by atoms with Crippen molar-refractivity contribution in [3.05, 3.63) is 29.6 Å². The smallest absolute Gasteiger partial charge is 0.335 e. The number of nitrogens with one attached hydrogen (secondary N) is 1. The van der Waals surface area contributed by atoms with E-state index < -0.39 is 11.8 Å². The molecule has 1 aliphatic carbocycles. The summed E-state index contributed by atoms with van der Waals surface area (Å²) in [4.78, 5) is 22.2. The Morgan fingerprint density at radius 1 is 1.47 bits per heavy atom. The molecule has 90 valence electrons. The molecular formula is C12H12FNO3. The topological polar surface area (TPSA) is 66.4 Å². The molecule has 0 saturated heterocycles. The number of hydrogen-bond acceptors (Lipinski definition) is 2. The first-order chi connectivity index (χ1) is 7.99. The van der Waals surface area contributed by atoms with Gasteiger partial charge in [0.25, 0.3) is 0 Å². The highest BCUT2D eigenvalue weighted by Gasteiger charge is 2.39. The number of aromatic carboxylic acids is 1. The standard InChI is InChI=1S/C12H12FNO3/c1-6-4-8(6)11(15)14-10-3-2-7(12(16)17)5-9(10)13/h2-3,5-6,8H,4H2,1H3,(H,14,15)(H,16,17). The van der Waals surface area contributed by atoms with Crippen molar-refractivity contribution in [2.45, 2.75) is 13.3 Å². The van der Waals surface area contributed by atoms with Crippen LogP contribution in [0.3, 0.4) is 0 Å². The molecule has 1 aliphatic rings. The summed E-state index contributed by atoms with van der Waals surface area (Å²) in [6, 6.07) is 3.43. The molecule has 2 rings (SSSR count). The second-order valence-corrected chi connectivity index (χ2v) is 4.31. The molecule has 17 heavy (non-hydrogen) atoms. The van der Waals surface area contributed by atoms with Crippen LogP contribution in [0.1, 0.15) is 23.7 Å². The minimum absolute atomic E-state index is 0.0269. The molecule has 0 heterocycles. The molecule has 2 unspecified atom stereocenters. The number of amides is 1. The van der Waals surface area contributed by atoms with Gasteiger partial charge in [-0.05, 0) is 30.5 Å². The Hall–Kier alpha value is -1.91. The van der Waals surface area contributed by atoms with Gasteiger partial charge in [-0.1, -0.05) is 6.92 Å². The van der Waals surface area contributed by atoms with Crippen molar-refractivity contribution in [2.75, 3.05) is 5.32 Å². The number of carbonyl (C=O) groups is 2. The monoisotopic (exact) mass is 237 g/mol. The van der Waals surface area contributed by atoms with E-state index in [9.17, 15) is 14.0 Å². The van der Waals surface area contributed by atoms with Gasteiger partial charge in [-0.2, -0.15) is 0 Å². The summed E-state index contributed by atoms with van der Waals surface area (Å²) in [5.41, 5.74) is -0.112. The molecule has 1 fully saturated rings. The molecule has 2 N–H and O–H groups in total. The number of carbonyl (C=O) groups excluding carboxylic acids is 1. The van der Waals surface area contributed by atoms with E-state index >= 15 is 0 Å². The van der Waals surface area contributed by atoms with Gasteiger partial charge in [0.15, 0.2) is 0 Å². The molecule has 0 aromatic heterocycles. The molecule has 1 saturated carbocycles. The van der Waals surface area contributed by atoms with Crippen molar-refractivity contribution in [1.82, 2.24) is 0 Å². The maximum atomic E-state index is 13.5. The second kappa shape index (κ2) is 4.16. The van der Waals surface area contributed by atoms with E-state index in [0.717, 1.165) is 12.5 Å². The van der Waals surface area contributed by atoms with Crippen LogP contribution in [-0.2, 0) is 4.79 Å². The van der Waals surface area contributed by atoms with E-state index in [4.69, 9.17) is 5.11 Å². The van der Waals surface area contributed by atoms with Crippen molar-refractivity contribution < 1.29 is 19.1 Å². The number of benzene rings is 1. The summed E-state index contributed by atoms with van der Waals surface area (Å²) in [6.45, 7) is 1.95. The summed E-state index contributed by atoms with van der Waals surface area (Å²) in [5.74, 6) is -1.84. The average molecular weight is 237 g/mol. The Morgan fingerprint density at radius 2 is 2.12 bits per heavy atom. The van der Waals surface area contributed by atoms with Crippen LogP contribution in [0.5, 0.6) is 0 Å². The Morgan fingerprint density at radius 3 is 2.59 bits per heavy atom. The first-order valence-corrected chi connectivity index (χ1v) is 5.32. The van der Waals surface area contributed by atoms with Gasteiger partial charge in [-0.25, -0.2) is 9.18 Å². The van der Waals surface area contributed by atoms with Crippen LogP contribution in [0.15, 0.2) is 18.2 Å². The quantitative estimate of drug-likeness (QED) is 0.846. The highest BCUT2D eigenvalue weighted by atomic mass is 19.1. The van der Waals surface area contributed by atoms with Crippen LogP contribution >= 0.6 is 0 Å². The predicted molar refractivity (Wildman–Crippen MR) is 59.3 cm³/mol. The third-order valence-electron chi connectivity index (χ3n) is 2.92. The van der Waals surface area contributed by atoms with Crippen LogP contribution in [0.2, 0.25) is 0 Å². The number of carboxylic acids is 1. The van der Waals surface area contributed by atoms with Gasteiger partial charge in [0.2, 0.25) is 5.91 Å². The van der Waals surface area contributed by atoms with Gasteiger partial charge in [0.1, 0.15) is 5.82 Å². The number of halogens is 1. The summed E-state index contributed by atoms with van der Waals surface area (Å²) >= 11 is 0. The summed E-state index contributed by atoms with van der Waals surface area (Å²) in [6.07, 6.45) is 0.820. The minimum atomic E-state index is -1.20. The van der Waals surface area contributed by atoms with Crippen molar-refractivity contribution in [2.24, 2.45) is 11.8 Å². The van der Waals surface area contributed by atoms with E-state index in [-0.39, 0.29) is 23.1 Å². The van der Waals surface area contributed by atoms with Crippen LogP contribution in [0, 0.1) is 17.7 Å². The zero-order chi connectivity index (χ0) is 12.6. The van der Waals surface area contributed by atoms with Gasteiger partial charge in [0, 0.05) is 5.92 Å². The fourth-order valence-corrected chi connectivity index (χ4v) is 1.66. The third-order valence-corrected chi connectivity index (χ3v) is 2.92. The molecule has 1 aromatic rings. The van der Waals surface area contributed by atoms with Crippen LogP contribution in [0.4, 0.5) is 10.1 Å². The molecule has 1 amide bonds. The largest absolute Gasteiger partial charge is 0.478 e. The van der Waals surface area contributed by atoms with E-state index in [1.165, 1.54) is 12.1 Å². The highest BCUT2D eigenvalue weighted by Crippen LogP contribution is 2.38. The first kappa shape index (κ1) is 11.6. The van der Waals surface area contributed by atoms with Crippen molar-refractivity contribution >= 4 is 17.6 Å². The Bertz CT molecular complexity index is 487. The van der Waals surface area contributed by atoms with Gasteiger partial charge in [0.05, 0.1) is 11.3 Å². The molecule has 4 nitrogen and oxygen atoms in total. The number of rotatable bonds is 3. The van der Waals surface area contributed by atoms with E-state index in [0.29, 0.717) is 5.92 Å². The Balaban J connectivity index is 2.11. The molecule has 0 spiro atoms. The predicted octanol–water partition coefficient (Wildman–Crippen LogP) is 2.12. The maximum absolute atomic E-state index is 13.5. The summed E-state index contributed by atoms with van der Waals surface area (Å²) < 4.78 is 13.5. The first-order valence-electron chi connectivity index (χ1n) is 5.32. The number of anilines is 1. The molecule has 0 aliphatic heterocycles. The third kappa shape index (κ3) is 2.43. The lowest BCUT2D eigenvalue weighted by molar-refractivity contribution is -0.117. The molecule has 1 aromatic carbocycles. The molecule has 2 atom stereocenters. The Kier molecular flexibility index (Phi) is 2.83. The van der Waals surface area contributed by atoms with Crippen LogP contribution < -0.4 is 5.32 Å². The normalized spacial score (nSPS) is 22.0. The highest BCUT2D eigenvalue weighted by molar-refractivity contribution is 5.95. The Labute approximate surface area is 97.4 Å². The van der Waals surface area contributed by atoms with E-state index in [1.54, 1.807) is 0 Å². The average Bonchev–Trinajstić information content (AvgIpc) is 2.98. The second-order valence-electron chi connectivity index (χ2n) is 4.31. The summed E-state index contributed by atoms with van der Waals surface area (Å²) in [5, 5.41) is 11.1. The zero-order valence-electron chi connectivity index (χ0n) is 9.24. The maximum Gasteiger partial charge on any atom is 0.335 e.